The van der Waals surface area contributed by atoms with Gasteiger partial charge in [-0.25, -0.2) is 0 Å². The van der Waals surface area contributed by atoms with Crippen molar-refractivity contribution in [2.24, 2.45) is 0 Å². The summed E-state index contributed by atoms with van der Waals surface area (Å²) >= 11 is 1.78. The van der Waals surface area contributed by atoms with Crippen LogP contribution < -0.4 is 5.32 Å². The molecular weight excluding hydrogens is 242 g/mol. The zero-order valence-corrected chi connectivity index (χ0v) is 11.7. The number of aryl methyl sites for hydroxylation is 1. The van der Waals surface area contributed by atoms with Gasteiger partial charge in [0.05, 0.1) is 5.75 Å². The lowest BCUT2D eigenvalue weighted by atomic mass is 10.1. The summed E-state index contributed by atoms with van der Waals surface area (Å²) in [6.07, 6.45) is 7.32. The number of benzene rings is 1. The maximum Gasteiger partial charge on any atom is 0.115 e. The van der Waals surface area contributed by atoms with Crippen LogP contribution in [0.4, 0.5) is 0 Å². The van der Waals surface area contributed by atoms with Crippen molar-refractivity contribution in [3.05, 3.63) is 29.8 Å². The quantitative estimate of drug-likeness (QED) is 0.559. The highest BCUT2D eigenvalue weighted by atomic mass is 32.2. The van der Waals surface area contributed by atoms with Gasteiger partial charge < -0.3 is 10.4 Å². The molecule has 0 heterocycles. The highest BCUT2D eigenvalue weighted by Gasteiger charge is 2.01. The van der Waals surface area contributed by atoms with Crippen molar-refractivity contribution < 1.29 is 5.11 Å². The van der Waals surface area contributed by atoms with Crippen LogP contribution in [0.3, 0.4) is 0 Å². The summed E-state index contributed by atoms with van der Waals surface area (Å²) in [6.45, 7) is 3.20. The highest BCUT2D eigenvalue weighted by molar-refractivity contribution is 7.99. The molecule has 0 saturated heterocycles. The SMILES string of the molecule is C#CCSCCNC(C)CCc1ccc(O)cc1. The molecule has 2 nitrogen and oxygen atoms in total. The first kappa shape index (κ1) is 14.9. The Morgan fingerprint density at radius 2 is 2.11 bits per heavy atom. The molecule has 0 bridgehead atoms. The van der Waals surface area contributed by atoms with Gasteiger partial charge in [0, 0.05) is 18.3 Å². The van der Waals surface area contributed by atoms with Crippen molar-refractivity contribution in [1.82, 2.24) is 5.32 Å². The minimum absolute atomic E-state index is 0.329. The maximum atomic E-state index is 9.19. The van der Waals surface area contributed by atoms with E-state index < -0.39 is 0 Å². The molecule has 2 N–H and O–H groups in total. The lowest BCUT2D eigenvalue weighted by Crippen LogP contribution is -2.28. The van der Waals surface area contributed by atoms with Gasteiger partial charge >= 0.3 is 0 Å². The van der Waals surface area contributed by atoms with Gasteiger partial charge in [0.2, 0.25) is 0 Å². The van der Waals surface area contributed by atoms with Gasteiger partial charge in [0.1, 0.15) is 5.75 Å². The summed E-state index contributed by atoms with van der Waals surface area (Å²) in [7, 11) is 0. The van der Waals surface area contributed by atoms with Crippen molar-refractivity contribution in [3.63, 3.8) is 0 Å². The zero-order valence-electron chi connectivity index (χ0n) is 10.9. The average Bonchev–Trinajstić information content (AvgIpc) is 2.38. The van der Waals surface area contributed by atoms with E-state index in [-0.39, 0.29) is 0 Å². The molecule has 3 heteroatoms. The summed E-state index contributed by atoms with van der Waals surface area (Å²) < 4.78 is 0. The molecule has 0 fully saturated rings. The Balaban J connectivity index is 2.11. The number of thioether (sulfide) groups is 1. The minimum Gasteiger partial charge on any atom is -0.508 e. The van der Waals surface area contributed by atoms with E-state index in [4.69, 9.17) is 6.42 Å². The second-order valence-corrected chi connectivity index (χ2v) is 5.42. The number of phenolic OH excluding ortho intramolecular Hbond substituents is 1. The summed E-state index contributed by atoms with van der Waals surface area (Å²) in [4.78, 5) is 0. The third-order valence-electron chi connectivity index (χ3n) is 2.73. The monoisotopic (exact) mass is 263 g/mol. The van der Waals surface area contributed by atoms with Crippen molar-refractivity contribution in [2.45, 2.75) is 25.8 Å². The maximum absolute atomic E-state index is 9.19. The zero-order chi connectivity index (χ0) is 13.2. The van der Waals surface area contributed by atoms with Crippen LogP contribution in [-0.2, 0) is 6.42 Å². The smallest absolute Gasteiger partial charge is 0.115 e. The lowest BCUT2D eigenvalue weighted by molar-refractivity contribution is 0.475. The summed E-state index contributed by atoms with van der Waals surface area (Å²) in [5.41, 5.74) is 1.27. The number of nitrogens with one attached hydrogen (secondary N) is 1. The van der Waals surface area contributed by atoms with E-state index in [9.17, 15) is 5.11 Å². The van der Waals surface area contributed by atoms with E-state index in [2.05, 4.69) is 18.2 Å². The Labute approximate surface area is 114 Å². The number of aromatic hydroxyl groups is 1. The van der Waals surface area contributed by atoms with E-state index in [1.54, 1.807) is 23.9 Å². The van der Waals surface area contributed by atoms with Gasteiger partial charge in [0.15, 0.2) is 0 Å². The number of hydrogen-bond donors (Lipinski definition) is 2. The standard InChI is InChI=1S/C15H21NOS/c1-3-11-18-12-10-16-13(2)4-5-14-6-8-15(17)9-7-14/h1,6-9,13,16-17H,4-5,10-12H2,2H3. The topological polar surface area (TPSA) is 32.3 Å². The van der Waals surface area contributed by atoms with Crippen LogP contribution in [0.5, 0.6) is 5.75 Å². The third-order valence-corrected chi connectivity index (χ3v) is 3.59. The van der Waals surface area contributed by atoms with Gasteiger partial charge in [-0.3, -0.25) is 0 Å². The Morgan fingerprint density at radius 1 is 1.39 bits per heavy atom. The first-order valence-electron chi connectivity index (χ1n) is 6.25. The van der Waals surface area contributed by atoms with Crippen LogP contribution >= 0.6 is 11.8 Å². The molecule has 0 aliphatic carbocycles. The van der Waals surface area contributed by atoms with E-state index in [0.717, 1.165) is 30.9 Å². The minimum atomic E-state index is 0.329. The summed E-state index contributed by atoms with van der Waals surface area (Å²) in [5, 5.41) is 12.7. The van der Waals surface area contributed by atoms with Gasteiger partial charge in [0.25, 0.3) is 0 Å². The molecule has 1 unspecified atom stereocenters. The molecule has 1 aromatic rings. The Morgan fingerprint density at radius 3 is 2.78 bits per heavy atom. The Bertz CT molecular complexity index is 369. The van der Waals surface area contributed by atoms with Gasteiger partial charge in [-0.2, -0.15) is 0 Å². The van der Waals surface area contributed by atoms with Crippen LogP contribution in [0.2, 0.25) is 0 Å². The van der Waals surface area contributed by atoms with Crippen molar-refractivity contribution in [3.8, 4) is 18.1 Å². The van der Waals surface area contributed by atoms with E-state index in [0.29, 0.717) is 11.8 Å². The third kappa shape index (κ3) is 6.58. The molecule has 0 aliphatic heterocycles. The fourth-order valence-corrected chi connectivity index (χ4v) is 2.18. The van der Waals surface area contributed by atoms with Crippen molar-refractivity contribution in [1.29, 1.82) is 0 Å². The number of terminal acetylenes is 1. The highest BCUT2D eigenvalue weighted by Crippen LogP contribution is 2.11. The molecule has 0 spiro atoms. The predicted octanol–water partition coefficient (Wildman–Crippen LogP) is 2.67. The first-order valence-corrected chi connectivity index (χ1v) is 7.40. The van der Waals surface area contributed by atoms with Gasteiger partial charge in [-0.15, -0.1) is 18.2 Å². The van der Waals surface area contributed by atoms with Gasteiger partial charge in [-0.1, -0.05) is 18.1 Å². The molecule has 1 aromatic carbocycles. The Hall–Kier alpha value is -1.11. The van der Waals surface area contributed by atoms with Crippen LogP contribution in [0.25, 0.3) is 0 Å². The van der Waals surface area contributed by atoms with Crippen molar-refractivity contribution in [2.75, 3.05) is 18.1 Å². The first-order chi connectivity index (χ1) is 8.72. The molecule has 0 amide bonds. The van der Waals surface area contributed by atoms with E-state index >= 15 is 0 Å². The predicted molar refractivity (Wildman–Crippen MR) is 80.1 cm³/mol. The van der Waals surface area contributed by atoms with Crippen LogP contribution in [0.1, 0.15) is 18.9 Å². The summed E-state index contributed by atoms with van der Waals surface area (Å²) in [5.74, 6) is 4.81. The number of rotatable bonds is 8. The second kappa shape index (κ2) is 8.91. The molecule has 0 saturated carbocycles. The molecule has 0 radical (unpaired) electrons. The molecule has 1 rings (SSSR count). The van der Waals surface area contributed by atoms with Gasteiger partial charge in [-0.05, 0) is 37.5 Å². The van der Waals surface area contributed by atoms with Crippen LogP contribution in [0, 0.1) is 12.3 Å². The van der Waals surface area contributed by atoms with E-state index in [1.165, 1.54) is 5.56 Å². The number of phenols is 1. The van der Waals surface area contributed by atoms with Crippen LogP contribution in [-0.4, -0.2) is 29.2 Å². The lowest BCUT2D eigenvalue weighted by Gasteiger charge is -2.13. The van der Waals surface area contributed by atoms with Crippen LogP contribution in [0.15, 0.2) is 24.3 Å². The molecule has 98 valence electrons. The molecule has 0 aliphatic rings. The van der Waals surface area contributed by atoms with Crippen molar-refractivity contribution >= 4 is 11.8 Å². The molecule has 18 heavy (non-hydrogen) atoms. The molecule has 1 atom stereocenters. The normalized spacial score (nSPS) is 12.0. The van der Waals surface area contributed by atoms with E-state index in [1.807, 2.05) is 12.1 Å². The largest absolute Gasteiger partial charge is 0.508 e. The Kier molecular flexibility index (Phi) is 7.40. The average molecular weight is 263 g/mol. The second-order valence-electron chi connectivity index (χ2n) is 4.32. The fraction of sp³-hybridized carbons (Fsp3) is 0.467. The summed E-state index contributed by atoms with van der Waals surface area (Å²) in [6, 6.07) is 7.94. The number of hydrogen-bond acceptors (Lipinski definition) is 3. The fourth-order valence-electron chi connectivity index (χ4n) is 1.66. The molecule has 0 aromatic heterocycles. The molecular formula is C15H21NOS.